The van der Waals surface area contributed by atoms with Gasteiger partial charge < -0.3 is 10.0 Å². The van der Waals surface area contributed by atoms with Gasteiger partial charge in [-0.05, 0) is 11.4 Å². The average molecular weight is 282 g/mol. The van der Waals surface area contributed by atoms with Crippen LogP contribution in [0.15, 0.2) is 17.5 Å². The van der Waals surface area contributed by atoms with Crippen LogP contribution in [0.1, 0.15) is 17.7 Å². The van der Waals surface area contributed by atoms with Crippen molar-refractivity contribution in [3.8, 4) is 0 Å². The number of carboxylic acids is 1. The van der Waals surface area contributed by atoms with E-state index in [-0.39, 0.29) is 18.7 Å². The summed E-state index contributed by atoms with van der Waals surface area (Å²) in [6.07, 6.45) is 0.0362. The van der Waals surface area contributed by atoms with E-state index in [2.05, 4.69) is 16.3 Å². The van der Waals surface area contributed by atoms with Crippen molar-refractivity contribution in [3.63, 3.8) is 0 Å². The molecule has 0 atom stereocenters. The van der Waals surface area contributed by atoms with E-state index < -0.39 is 5.97 Å². The lowest BCUT2D eigenvalue weighted by Gasteiger charge is -2.34. The predicted molar refractivity (Wildman–Crippen MR) is 73.0 cm³/mol. The van der Waals surface area contributed by atoms with E-state index in [4.69, 9.17) is 5.11 Å². The predicted octanol–water partition coefficient (Wildman–Crippen LogP) is 1.26. The lowest BCUT2D eigenvalue weighted by Crippen LogP contribution is -2.48. The van der Waals surface area contributed by atoms with Crippen LogP contribution in [0, 0.1) is 0 Å². The van der Waals surface area contributed by atoms with E-state index in [1.165, 1.54) is 4.88 Å². The lowest BCUT2D eigenvalue weighted by molar-refractivity contribution is -0.141. The largest absolute Gasteiger partial charge is 0.481 e. The first-order valence-corrected chi connectivity index (χ1v) is 7.27. The molecule has 0 aromatic carbocycles. The van der Waals surface area contributed by atoms with Crippen molar-refractivity contribution in [2.24, 2.45) is 0 Å². The summed E-state index contributed by atoms with van der Waals surface area (Å²) < 4.78 is 0. The van der Waals surface area contributed by atoms with Crippen LogP contribution in [-0.4, -0.2) is 53.0 Å². The summed E-state index contributed by atoms with van der Waals surface area (Å²) in [7, 11) is 0. The quantitative estimate of drug-likeness (QED) is 0.883. The second kappa shape index (κ2) is 6.68. The van der Waals surface area contributed by atoms with E-state index in [0.29, 0.717) is 13.1 Å². The van der Waals surface area contributed by atoms with Crippen molar-refractivity contribution in [2.45, 2.75) is 19.4 Å². The van der Waals surface area contributed by atoms with Gasteiger partial charge in [0, 0.05) is 44.0 Å². The SMILES string of the molecule is O=C(O)CCC(=O)N1CCN(Cc2cccs2)CC1. The van der Waals surface area contributed by atoms with Crippen LogP contribution >= 0.6 is 11.3 Å². The minimum absolute atomic E-state index is 0.0434. The maximum Gasteiger partial charge on any atom is 0.303 e. The first-order chi connectivity index (χ1) is 9.15. The fourth-order valence-electron chi connectivity index (χ4n) is 2.15. The number of hydrogen-bond donors (Lipinski definition) is 1. The zero-order valence-corrected chi connectivity index (χ0v) is 11.6. The molecule has 1 aliphatic heterocycles. The average Bonchev–Trinajstić information content (AvgIpc) is 2.89. The molecule has 1 amide bonds. The van der Waals surface area contributed by atoms with E-state index in [1.54, 1.807) is 16.2 Å². The van der Waals surface area contributed by atoms with Crippen molar-refractivity contribution in [2.75, 3.05) is 26.2 Å². The van der Waals surface area contributed by atoms with Crippen molar-refractivity contribution < 1.29 is 14.7 Å². The van der Waals surface area contributed by atoms with Crippen LogP contribution in [-0.2, 0) is 16.1 Å². The smallest absolute Gasteiger partial charge is 0.303 e. The Bertz CT molecular complexity index is 425. The molecule has 0 spiro atoms. The number of rotatable bonds is 5. The summed E-state index contributed by atoms with van der Waals surface area (Å²) in [4.78, 5) is 27.6. The van der Waals surface area contributed by atoms with E-state index >= 15 is 0 Å². The molecule has 104 valence electrons. The molecule has 1 aromatic heterocycles. The number of nitrogens with zero attached hydrogens (tertiary/aromatic N) is 2. The molecule has 19 heavy (non-hydrogen) atoms. The Balaban J connectivity index is 1.72. The number of hydrogen-bond acceptors (Lipinski definition) is 4. The second-order valence-corrected chi connectivity index (χ2v) is 5.66. The van der Waals surface area contributed by atoms with Gasteiger partial charge in [-0.15, -0.1) is 11.3 Å². The normalized spacial score (nSPS) is 16.5. The van der Waals surface area contributed by atoms with Crippen molar-refractivity contribution in [1.82, 2.24) is 9.80 Å². The minimum atomic E-state index is -0.912. The Kier molecular flexibility index (Phi) is 4.93. The molecule has 1 saturated heterocycles. The van der Waals surface area contributed by atoms with Gasteiger partial charge in [0.05, 0.1) is 6.42 Å². The number of thiophene rings is 1. The molecule has 2 rings (SSSR count). The maximum absolute atomic E-state index is 11.8. The van der Waals surface area contributed by atoms with Gasteiger partial charge in [0.2, 0.25) is 5.91 Å². The Hall–Kier alpha value is -1.40. The van der Waals surface area contributed by atoms with Gasteiger partial charge in [-0.2, -0.15) is 0 Å². The molecular formula is C13H18N2O3S. The molecule has 0 radical (unpaired) electrons. The second-order valence-electron chi connectivity index (χ2n) is 4.63. The highest BCUT2D eigenvalue weighted by Gasteiger charge is 2.21. The zero-order valence-electron chi connectivity index (χ0n) is 10.7. The van der Waals surface area contributed by atoms with E-state index in [9.17, 15) is 9.59 Å². The number of carbonyl (C=O) groups is 2. The summed E-state index contributed by atoms with van der Waals surface area (Å²) in [6, 6.07) is 4.17. The molecule has 0 unspecified atom stereocenters. The topological polar surface area (TPSA) is 60.9 Å². The molecule has 1 aliphatic rings. The van der Waals surface area contributed by atoms with Gasteiger partial charge in [0.25, 0.3) is 0 Å². The molecule has 1 fully saturated rings. The van der Waals surface area contributed by atoms with Crippen molar-refractivity contribution >= 4 is 23.2 Å². The molecule has 1 aromatic rings. The molecule has 1 N–H and O–H groups in total. The molecule has 2 heterocycles. The van der Waals surface area contributed by atoms with Gasteiger partial charge in [0.15, 0.2) is 0 Å². The van der Waals surface area contributed by atoms with Gasteiger partial charge >= 0.3 is 5.97 Å². The van der Waals surface area contributed by atoms with E-state index in [0.717, 1.165) is 19.6 Å². The highest BCUT2D eigenvalue weighted by molar-refractivity contribution is 7.09. The fraction of sp³-hybridized carbons (Fsp3) is 0.538. The zero-order chi connectivity index (χ0) is 13.7. The first-order valence-electron chi connectivity index (χ1n) is 6.39. The van der Waals surface area contributed by atoms with Gasteiger partial charge in [0.1, 0.15) is 0 Å². The first kappa shape index (κ1) is 14.0. The Morgan fingerprint density at radius 1 is 1.21 bits per heavy atom. The van der Waals surface area contributed by atoms with Gasteiger partial charge in [-0.25, -0.2) is 0 Å². The van der Waals surface area contributed by atoms with Crippen LogP contribution in [0.25, 0.3) is 0 Å². The summed E-state index contributed by atoms with van der Waals surface area (Å²) >= 11 is 1.75. The number of carbonyl (C=O) groups excluding carboxylic acids is 1. The highest BCUT2D eigenvalue weighted by atomic mass is 32.1. The Morgan fingerprint density at radius 2 is 1.95 bits per heavy atom. The maximum atomic E-state index is 11.8. The van der Waals surface area contributed by atoms with Crippen LogP contribution in [0.4, 0.5) is 0 Å². The third kappa shape index (κ3) is 4.33. The Labute approximate surface area is 116 Å². The number of aliphatic carboxylic acids is 1. The molecule has 0 aliphatic carbocycles. The molecule has 0 bridgehead atoms. The fourth-order valence-corrected chi connectivity index (χ4v) is 2.90. The van der Waals surface area contributed by atoms with Crippen LogP contribution < -0.4 is 0 Å². The minimum Gasteiger partial charge on any atom is -0.481 e. The summed E-state index contributed by atoms with van der Waals surface area (Å²) in [5.74, 6) is -0.956. The van der Waals surface area contributed by atoms with E-state index in [1.807, 2.05) is 6.07 Å². The molecule has 0 saturated carbocycles. The third-order valence-electron chi connectivity index (χ3n) is 3.24. The number of piperazine rings is 1. The Morgan fingerprint density at radius 3 is 2.53 bits per heavy atom. The number of amides is 1. The van der Waals surface area contributed by atoms with Crippen LogP contribution in [0.3, 0.4) is 0 Å². The molecule has 5 nitrogen and oxygen atoms in total. The van der Waals surface area contributed by atoms with Crippen LogP contribution in [0.5, 0.6) is 0 Å². The van der Waals surface area contributed by atoms with Crippen molar-refractivity contribution in [1.29, 1.82) is 0 Å². The summed E-state index contributed by atoms with van der Waals surface area (Å²) in [6.45, 7) is 4.05. The highest BCUT2D eigenvalue weighted by Crippen LogP contribution is 2.14. The standard InChI is InChI=1S/C13H18N2O3S/c16-12(3-4-13(17)18)15-7-5-14(6-8-15)10-11-2-1-9-19-11/h1-2,9H,3-8,10H2,(H,17,18). The molecular weight excluding hydrogens is 264 g/mol. The third-order valence-corrected chi connectivity index (χ3v) is 4.10. The lowest BCUT2D eigenvalue weighted by atomic mass is 10.2. The van der Waals surface area contributed by atoms with Crippen LogP contribution in [0.2, 0.25) is 0 Å². The van der Waals surface area contributed by atoms with Crippen molar-refractivity contribution in [3.05, 3.63) is 22.4 Å². The van der Waals surface area contributed by atoms with Gasteiger partial charge in [-0.3, -0.25) is 14.5 Å². The number of carboxylic acid groups (broad SMARTS) is 1. The monoisotopic (exact) mass is 282 g/mol. The summed E-state index contributed by atoms with van der Waals surface area (Å²) in [5, 5.41) is 10.6. The molecule has 6 heteroatoms. The van der Waals surface area contributed by atoms with Gasteiger partial charge in [-0.1, -0.05) is 6.07 Å². The summed E-state index contributed by atoms with van der Waals surface area (Å²) in [5.41, 5.74) is 0.